The van der Waals surface area contributed by atoms with Crippen molar-refractivity contribution in [3.8, 4) is 5.69 Å². The predicted molar refractivity (Wildman–Crippen MR) is 104 cm³/mol. The van der Waals surface area contributed by atoms with Crippen LogP contribution in [0.2, 0.25) is 0 Å². The number of amides is 1. The summed E-state index contributed by atoms with van der Waals surface area (Å²) in [5.41, 5.74) is 5.04. The zero-order valence-electron chi connectivity index (χ0n) is 15.2. The Hall–Kier alpha value is -2.67. The summed E-state index contributed by atoms with van der Waals surface area (Å²) in [4.78, 5) is 12.5. The quantitative estimate of drug-likeness (QED) is 0.696. The molecule has 0 aliphatic heterocycles. The number of thioether (sulfide) groups is 1. The van der Waals surface area contributed by atoms with Gasteiger partial charge in [0.15, 0.2) is 0 Å². The van der Waals surface area contributed by atoms with E-state index in [2.05, 4.69) is 20.8 Å². The van der Waals surface area contributed by atoms with Crippen LogP contribution < -0.4 is 5.32 Å². The molecule has 6 nitrogen and oxygen atoms in total. The average molecular weight is 367 g/mol. The third-order valence-corrected chi connectivity index (χ3v) is 5.10. The molecule has 134 valence electrons. The van der Waals surface area contributed by atoms with Gasteiger partial charge in [-0.05, 0) is 61.4 Å². The fourth-order valence-corrected chi connectivity index (χ4v) is 3.42. The van der Waals surface area contributed by atoms with Gasteiger partial charge in [0.25, 0.3) is 0 Å². The van der Waals surface area contributed by atoms with Crippen LogP contribution >= 0.6 is 11.8 Å². The van der Waals surface area contributed by atoms with E-state index in [4.69, 9.17) is 0 Å². The summed E-state index contributed by atoms with van der Waals surface area (Å²) in [6.07, 6.45) is 0. The Balaban J connectivity index is 1.76. The maximum atomic E-state index is 12.5. The number of aromatic nitrogens is 4. The highest BCUT2D eigenvalue weighted by atomic mass is 32.2. The maximum absolute atomic E-state index is 12.5. The van der Waals surface area contributed by atoms with Gasteiger partial charge < -0.3 is 5.32 Å². The SMILES string of the molecule is Cc1ccc(NC(=O)[C@@H](C)Sc2nnnn2-c2c(C)cccc2C)cc1. The van der Waals surface area contributed by atoms with Crippen molar-refractivity contribution < 1.29 is 4.79 Å². The number of anilines is 1. The predicted octanol–water partition coefficient (Wildman–Crippen LogP) is 3.71. The van der Waals surface area contributed by atoms with Gasteiger partial charge in [-0.3, -0.25) is 4.79 Å². The first-order chi connectivity index (χ1) is 12.5. The van der Waals surface area contributed by atoms with Crippen LogP contribution in [0.1, 0.15) is 23.6 Å². The lowest BCUT2D eigenvalue weighted by Crippen LogP contribution is -2.23. The van der Waals surface area contributed by atoms with Crippen molar-refractivity contribution in [2.24, 2.45) is 0 Å². The van der Waals surface area contributed by atoms with Crippen LogP contribution in [0.5, 0.6) is 0 Å². The van der Waals surface area contributed by atoms with Crippen molar-refractivity contribution >= 4 is 23.4 Å². The van der Waals surface area contributed by atoms with Crippen molar-refractivity contribution in [2.75, 3.05) is 5.32 Å². The second kappa shape index (κ2) is 7.70. The highest BCUT2D eigenvalue weighted by Gasteiger charge is 2.20. The standard InChI is InChI=1S/C19H21N5OS/c1-12-8-10-16(11-9-12)20-18(25)15(4)26-19-21-22-23-24(19)17-13(2)6-5-7-14(17)3/h5-11,15H,1-4H3,(H,20,25)/t15-/m1/s1. The number of aryl methyl sites for hydroxylation is 3. The van der Waals surface area contributed by atoms with Crippen LogP contribution in [0, 0.1) is 20.8 Å². The molecule has 0 radical (unpaired) electrons. The number of para-hydroxylation sites is 1. The monoisotopic (exact) mass is 367 g/mol. The first-order valence-electron chi connectivity index (χ1n) is 8.35. The van der Waals surface area contributed by atoms with Gasteiger partial charge in [0.2, 0.25) is 11.1 Å². The van der Waals surface area contributed by atoms with Crippen LogP contribution in [0.3, 0.4) is 0 Å². The largest absolute Gasteiger partial charge is 0.325 e. The lowest BCUT2D eigenvalue weighted by Gasteiger charge is -2.14. The minimum Gasteiger partial charge on any atom is -0.325 e. The van der Waals surface area contributed by atoms with Gasteiger partial charge in [-0.25, -0.2) is 0 Å². The lowest BCUT2D eigenvalue weighted by atomic mass is 10.1. The number of tetrazole rings is 1. The van der Waals surface area contributed by atoms with Crippen LogP contribution in [0.15, 0.2) is 47.6 Å². The number of nitrogens with zero attached hydrogens (tertiary/aromatic N) is 4. The molecule has 1 heterocycles. The van der Waals surface area contributed by atoms with E-state index in [0.29, 0.717) is 5.16 Å². The van der Waals surface area contributed by atoms with Crippen molar-refractivity contribution in [1.29, 1.82) is 0 Å². The second-order valence-corrected chi connectivity index (χ2v) is 7.54. The Bertz CT molecular complexity index is 900. The van der Waals surface area contributed by atoms with E-state index in [1.54, 1.807) is 4.68 Å². The minimum absolute atomic E-state index is 0.0880. The molecular weight excluding hydrogens is 346 g/mol. The van der Waals surface area contributed by atoms with E-state index in [-0.39, 0.29) is 11.2 Å². The number of rotatable bonds is 5. The maximum Gasteiger partial charge on any atom is 0.237 e. The van der Waals surface area contributed by atoms with Gasteiger partial charge in [0, 0.05) is 5.69 Å². The van der Waals surface area contributed by atoms with E-state index in [1.165, 1.54) is 11.8 Å². The van der Waals surface area contributed by atoms with Crippen molar-refractivity contribution in [1.82, 2.24) is 20.2 Å². The van der Waals surface area contributed by atoms with E-state index in [0.717, 1.165) is 28.1 Å². The number of carbonyl (C=O) groups excluding carboxylic acids is 1. The molecule has 0 unspecified atom stereocenters. The highest BCUT2D eigenvalue weighted by molar-refractivity contribution is 8.00. The molecule has 0 aliphatic rings. The molecule has 1 N–H and O–H groups in total. The highest BCUT2D eigenvalue weighted by Crippen LogP contribution is 2.26. The molecule has 3 aromatic rings. The molecule has 3 rings (SSSR count). The molecule has 26 heavy (non-hydrogen) atoms. The summed E-state index contributed by atoms with van der Waals surface area (Å²) < 4.78 is 1.70. The second-order valence-electron chi connectivity index (χ2n) is 6.23. The Labute approximate surface area is 157 Å². The third-order valence-electron chi connectivity index (χ3n) is 4.06. The van der Waals surface area contributed by atoms with E-state index >= 15 is 0 Å². The topological polar surface area (TPSA) is 72.7 Å². The lowest BCUT2D eigenvalue weighted by molar-refractivity contribution is -0.115. The number of carbonyl (C=O) groups is 1. The number of nitrogens with one attached hydrogen (secondary N) is 1. The van der Waals surface area contributed by atoms with Gasteiger partial charge in [-0.2, -0.15) is 4.68 Å². The summed E-state index contributed by atoms with van der Waals surface area (Å²) in [6.45, 7) is 7.90. The van der Waals surface area contributed by atoms with Gasteiger partial charge in [0.05, 0.1) is 10.9 Å². The van der Waals surface area contributed by atoms with Crippen molar-refractivity contribution in [3.05, 3.63) is 59.2 Å². The fourth-order valence-electron chi connectivity index (χ4n) is 2.62. The molecule has 0 saturated heterocycles. The van der Waals surface area contributed by atoms with Crippen LogP contribution in [-0.4, -0.2) is 31.4 Å². The minimum atomic E-state index is -0.342. The van der Waals surface area contributed by atoms with Gasteiger partial charge in [0.1, 0.15) is 0 Å². The van der Waals surface area contributed by atoms with Gasteiger partial charge >= 0.3 is 0 Å². The van der Waals surface area contributed by atoms with Crippen LogP contribution in [-0.2, 0) is 4.79 Å². The van der Waals surface area contributed by atoms with Gasteiger partial charge in [-0.15, -0.1) is 5.10 Å². The molecule has 0 bridgehead atoms. The summed E-state index contributed by atoms with van der Waals surface area (Å²) in [5, 5.41) is 15.2. The molecule has 0 aliphatic carbocycles. The normalized spacial score (nSPS) is 12.0. The summed E-state index contributed by atoms with van der Waals surface area (Å²) in [5.74, 6) is -0.0880. The molecule has 0 fully saturated rings. The van der Waals surface area contributed by atoms with E-state index in [9.17, 15) is 4.79 Å². The molecule has 1 atom stereocenters. The molecule has 2 aromatic carbocycles. The zero-order valence-corrected chi connectivity index (χ0v) is 16.0. The summed E-state index contributed by atoms with van der Waals surface area (Å²) >= 11 is 1.33. The van der Waals surface area contributed by atoms with E-state index < -0.39 is 0 Å². The molecule has 1 amide bonds. The Kier molecular flexibility index (Phi) is 5.37. The van der Waals surface area contributed by atoms with Gasteiger partial charge in [-0.1, -0.05) is 47.7 Å². The molecule has 0 saturated carbocycles. The van der Waals surface area contributed by atoms with Crippen molar-refractivity contribution in [2.45, 2.75) is 38.1 Å². The Morgan fingerprint density at radius 3 is 2.38 bits per heavy atom. The van der Waals surface area contributed by atoms with Crippen LogP contribution in [0.4, 0.5) is 5.69 Å². The molecular formula is C19H21N5OS. The Morgan fingerprint density at radius 2 is 1.73 bits per heavy atom. The molecule has 0 spiro atoms. The molecule has 7 heteroatoms. The summed E-state index contributed by atoms with van der Waals surface area (Å²) in [6, 6.07) is 13.8. The molecule has 1 aromatic heterocycles. The third kappa shape index (κ3) is 3.94. The smallest absolute Gasteiger partial charge is 0.237 e. The zero-order chi connectivity index (χ0) is 18.7. The number of hydrogen-bond acceptors (Lipinski definition) is 5. The van der Waals surface area contributed by atoms with Crippen LogP contribution in [0.25, 0.3) is 5.69 Å². The summed E-state index contributed by atoms with van der Waals surface area (Å²) in [7, 11) is 0. The number of hydrogen-bond donors (Lipinski definition) is 1. The first kappa shape index (κ1) is 18.1. The Morgan fingerprint density at radius 1 is 1.08 bits per heavy atom. The fraction of sp³-hybridized carbons (Fsp3) is 0.263. The number of benzene rings is 2. The van der Waals surface area contributed by atoms with Crippen molar-refractivity contribution in [3.63, 3.8) is 0 Å². The first-order valence-corrected chi connectivity index (χ1v) is 9.23. The van der Waals surface area contributed by atoms with E-state index in [1.807, 2.05) is 70.2 Å². The average Bonchev–Trinajstić information content (AvgIpc) is 3.04.